The highest BCUT2D eigenvalue weighted by atomic mass is 16.5. The lowest BCUT2D eigenvalue weighted by atomic mass is 9.98. The second-order valence-corrected chi connectivity index (χ2v) is 8.41. The summed E-state index contributed by atoms with van der Waals surface area (Å²) in [6.45, 7) is 6.30. The zero-order chi connectivity index (χ0) is 23.5. The van der Waals surface area contributed by atoms with E-state index in [1.54, 1.807) is 26.1 Å². The van der Waals surface area contributed by atoms with Crippen LogP contribution in [0.2, 0.25) is 0 Å². The summed E-state index contributed by atoms with van der Waals surface area (Å²) < 4.78 is 5.21. The van der Waals surface area contributed by atoms with Crippen molar-refractivity contribution in [2.45, 2.75) is 52.1 Å². The minimum atomic E-state index is -0.0189. The van der Waals surface area contributed by atoms with E-state index in [1.165, 1.54) is 0 Å². The van der Waals surface area contributed by atoms with E-state index in [0.717, 1.165) is 50.1 Å². The second-order valence-electron chi connectivity index (χ2n) is 8.41. The van der Waals surface area contributed by atoms with Gasteiger partial charge in [-0.15, -0.1) is 0 Å². The molecule has 0 unspecified atom stereocenters. The second kappa shape index (κ2) is 12.9. The van der Waals surface area contributed by atoms with E-state index in [1.807, 2.05) is 29.2 Å². The molecule has 0 saturated carbocycles. The maximum absolute atomic E-state index is 12.7. The van der Waals surface area contributed by atoms with Crippen LogP contribution in [0.25, 0.3) is 0 Å². The number of hydrogen-bond donors (Lipinski definition) is 2. The number of hydrogen-bond acceptors (Lipinski definition) is 4. The van der Waals surface area contributed by atoms with Crippen LogP contribution in [0.1, 0.15) is 45.1 Å². The number of aliphatic imine (C=N–C) groups is 1. The maximum Gasteiger partial charge on any atom is 0.241 e. The molecule has 8 nitrogen and oxygen atoms in total. The van der Waals surface area contributed by atoms with Crippen molar-refractivity contribution >= 4 is 17.8 Å². The van der Waals surface area contributed by atoms with Gasteiger partial charge in [-0.25, -0.2) is 4.99 Å². The van der Waals surface area contributed by atoms with Crippen molar-refractivity contribution in [1.29, 1.82) is 0 Å². The number of likely N-dealkylation sites (N-methyl/N-ethyl adjacent to an activating group) is 1. The Labute approximate surface area is 192 Å². The quantitative estimate of drug-likeness (QED) is 0.450. The predicted molar refractivity (Wildman–Crippen MR) is 128 cm³/mol. The van der Waals surface area contributed by atoms with Gasteiger partial charge in [0, 0.05) is 39.1 Å². The van der Waals surface area contributed by atoms with Gasteiger partial charge < -0.3 is 25.2 Å². The number of guanidine groups is 1. The summed E-state index contributed by atoms with van der Waals surface area (Å²) in [5.74, 6) is 1.80. The Morgan fingerprint density at radius 1 is 1.16 bits per heavy atom. The van der Waals surface area contributed by atoms with Crippen molar-refractivity contribution in [2.24, 2.45) is 10.9 Å². The molecule has 0 radical (unpaired) electrons. The monoisotopic (exact) mass is 445 g/mol. The first-order chi connectivity index (χ1) is 15.4. The Morgan fingerprint density at radius 3 is 2.31 bits per heavy atom. The van der Waals surface area contributed by atoms with Gasteiger partial charge in [0.25, 0.3) is 0 Å². The summed E-state index contributed by atoms with van der Waals surface area (Å²) in [4.78, 5) is 32.9. The van der Waals surface area contributed by atoms with Crippen LogP contribution < -0.4 is 15.4 Å². The highest BCUT2D eigenvalue weighted by Crippen LogP contribution is 2.17. The molecule has 0 aromatic heterocycles. The SMILES string of the molecule is CCC(CC)C(=O)N1CCC(NC(=NCc2ccc(OC)cc2)NCC(=O)N(C)C)CC1. The average molecular weight is 446 g/mol. The van der Waals surface area contributed by atoms with Gasteiger partial charge in [0.15, 0.2) is 5.96 Å². The first-order valence-corrected chi connectivity index (χ1v) is 11.5. The zero-order valence-corrected chi connectivity index (χ0v) is 20.2. The van der Waals surface area contributed by atoms with Crippen LogP contribution in [-0.2, 0) is 16.1 Å². The lowest BCUT2D eigenvalue weighted by Crippen LogP contribution is -2.51. The number of nitrogens with one attached hydrogen (secondary N) is 2. The largest absolute Gasteiger partial charge is 0.497 e. The third kappa shape index (κ3) is 7.73. The van der Waals surface area contributed by atoms with E-state index in [0.29, 0.717) is 12.5 Å². The van der Waals surface area contributed by atoms with E-state index in [4.69, 9.17) is 4.74 Å². The minimum Gasteiger partial charge on any atom is -0.497 e. The summed E-state index contributed by atoms with van der Waals surface area (Å²) >= 11 is 0. The normalized spacial score (nSPS) is 14.9. The van der Waals surface area contributed by atoms with E-state index in [-0.39, 0.29) is 30.3 Å². The molecule has 2 amide bonds. The standard InChI is InChI=1S/C24H39N5O3/c1-6-19(7-2)23(31)29-14-12-20(13-15-29)27-24(26-17-22(30)28(3)4)25-16-18-8-10-21(32-5)11-9-18/h8-11,19-20H,6-7,12-17H2,1-5H3,(H2,25,26,27). The Kier molecular flexibility index (Phi) is 10.3. The number of rotatable bonds is 9. The Bertz CT molecular complexity index is 751. The number of likely N-dealkylation sites (tertiary alicyclic amines) is 1. The number of carbonyl (C=O) groups is 2. The molecule has 1 fully saturated rings. The number of methoxy groups -OCH3 is 1. The smallest absolute Gasteiger partial charge is 0.241 e. The number of benzene rings is 1. The van der Waals surface area contributed by atoms with Crippen LogP contribution in [0.5, 0.6) is 5.75 Å². The van der Waals surface area contributed by atoms with Crippen molar-refractivity contribution in [2.75, 3.05) is 40.8 Å². The maximum atomic E-state index is 12.7. The lowest BCUT2D eigenvalue weighted by molar-refractivity contribution is -0.136. The summed E-state index contributed by atoms with van der Waals surface area (Å²) in [6.07, 6.45) is 3.49. The van der Waals surface area contributed by atoms with Crippen molar-refractivity contribution < 1.29 is 14.3 Å². The van der Waals surface area contributed by atoms with Gasteiger partial charge in [-0.3, -0.25) is 9.59 Å². The molecule has 1 saturated heterocycles. The zero-order valence-electron chi connectivity index (χ0n) is 20.2. The number of ether oxygens (including phenoxy) is 1. The van der Waals surface area contributed by atoms with Crippen LogP contribution in [0.4, 0.5) is 0 Å². The van der Waals surface area contributed by atoms with E-state index < -0.39 is 0 Å². The Morgan fingerprint density at radius 2 is 1.78 bits per heavy atom. The molecule has 178 valence electrons. The van der Waals surface area contributed by atoms with Crippen molar-refractivity contribution in [3.05, 3.63) is 29.8 Å². The molecule has 2 N–H and O–H groups in total. The predicted octanol–water partition coefficient (Wildman–Crippen LogP) is 2.25. The van der Waals surface area contributed by atoms with Gasteiger partial charge in [-0.05, 0) is 43.4 Å². The van der Waals surface area contributed by atoms with Crippen LogP contribution in [0, 0.1) is 5.92 Å². The Hall–Kier alpha value is -2.77. The van der Waals surface area contributed by atoms with E-state index >= 15 is 0 Å². The lowest BCUT2D eigenvalue weighted by Gasteiger charge is -2.35. The molecule has 1 aliphatic heterocycles. The molecular formula is C24H39N5O3. The molecule has 0 bridgehead atoms. The number of amides is 2. The Balaban J connectivity index is 1.98. The molecular weight excluding hydrogens is 406 g/mol. The summed E-state index contributed by atoms with van der Waals surface area (Å²) in [6, 6.07) is 7.98. The van der Waals surface area contributed by atoms with Gasteiger partial charge in [0.1, 0.15) is 5.75 Å². The first kappa shape index (κ1) is 25.5. The number of carbonyl (C=O) groups excluding carboxylic acids is 2. The fourth-order valence-electron chi connectivity index (χ4n) is 3.70. The fourth-order valence-corrected chi connectivity index (χ4v) is 3.70. The molecule has 0 spiro atoms. The summed E-state index contributed by atoms with van der Waals surface area (Å²) in [7, 11) is 5.11. The van der Waals surface area contributed by atoms with Crippen molar-refractivity contribution in [1.82, 2.24) is 20.4 Å². The van der Waals surface area contributed by atoms with Gasteiger partial charge in [-0.1, -0.05) is 26.0 Å². The third-order valence-electron chi connectivity index (χ3n) is 5.97. The number of piperidine rings is 1. The minimum absolute atomic E-state index is 0.0189. The van der Waals surface area contributed by atoms with Crippen LogP contribution in [0.15, 0.2) is 29.3 Å². The summed E-state index contributed by atoms with van der Waals surface area (Å²) in [5, 5.41) is 6.62. The molecule has 2 rings (SSSR count). The molecule has 0 aliphatic carbocycles. The first-order valence-electron chi connectivity index (χ1n) is 11.5. The molecule has 32 heavy (non-hydrogen) atoms. The van der Waals surface area contributed by atoms with E-state index in [2.05, 4.69) is 29.5 Å². The highest BCUT2D eigenvalue weighted by molar-refractivity contribution is 5.86. The van der Waals surface area contributed by atoms with Crippen LogP contribution in [-0.4, -0.2) is 74.5 Å². The van der Waals surface area contributed by atoms with Gasteiger partial charge >= 0.3 is 0 Å². The molecule has 1 aromatic rings. The average Bonchev–Trinajstić information content (AvgIpc) is 2.81. The van der Waals surface area contributed by atoms with Gasteiger partial charge in [0.05, 0.1) is 20.2 Å². The van der Waals surface area contributed by atoms with Gasteiger partial charge in [-0.2, -0.15) is 0 Å². The molecule has 8 heteroatoms. The molecule has 1 aromatic carbocycles. The molecule has 1 heterocycles. The van der Waals surface area contributed by atoms with Crippen molar-refractivity contribution in [3.63, 3.8) is 0 Å². The number of nitrogens with zero attached hydrogens (tertiary/aromatic N) is 3. The van der Waals surface area contributed by atoms with E-state index in [9.17, 15) is 9.59 Å². The van der Waals surface area contributed by atoms with Crippen LogP contribution >= 0.6 is 0 Å². The third-order valence-corrected chi connectivity index (χ3v) is 5.97. The topological polar surface area (TPSA) is 86.3 Å². The van der Waals surface area contributed by atoms with Crippen LogP contribution in [0.3, 0.4) is 0 Å². The van der Waals surface area contributed by atoms with Gasteiger partial charge in [0.2, 0.25) is 11.8 Å². The molecule has 1 aliphatic rings. The summed E-state index contributed by atoms with van der Waals surface area (Å²) in [5.41, 5.74) is 1.05. The highest BCUT2D eigenvalue weighted by Gasteiger charge is 2.27. The molecule has 0 atom stereocenters. The fraction of sp³-hybridized carbons (Fsp3) is 0.625. The van der Waals surface area contributed by atoms with Crippen molar-refractivity contribution in [3.8, 4) is 5.75 Å².